The van der Waals surface area contributed by atoms with Crippen molar-refractivity contribution in [3.8, 4) is 50.6 Å². The lowest BCUT2D eigenvalue weighted by Gasteiger charge is -2.22. The van der Waals surface area contributed by atoms with Gasteiger partial charge in [-0.25, -0.2) is 0 Å². The number of benzene rings is 9. The predicted octanol–water partition coefficient (Wildman–Crippen LogP) is 13.5. The van der Waals surface area contributed by atoms with E-state index in [9.17, 15) is 0 Å². The summed E-state index contributed by atoms with van der Waals surface area (Å²) >= 11 is 0. The number of imidazole rings is 1. The van der Waals surface area contributed by atoms with Gasteiger partial charge in [-0.2, -0.15) is 4.57 Å². The van der Waals surface area contributed by atoms with Gasteiger partial charge in [0.05, 0.1) is 24.8 Å². The summed E-state index contributed by atoms with van der Waals surface area (Å²) in [5.41, 5.74) is 15.1. The summed E-state index contributed by atoms with van der Waals surface area (Å²) in [6.07, 6.45) is 2.51. The second-order valence-corrected chi connectivity index (χ2v) is 23.9. The van der Waals surface area contributed by atoms with Crippen molar-refractivity contribution < 1.29 is 13.6 Å². The Kier molecular flexibility index (Phi) is 7.38. The minimum absolute atomic E-state index is 0.821. The minimum Gasteiger partial charge on any atom is -0.455 e. The molecule has 9 aromatic carbocycles. The van der Waals surface area contributed by atoms with E-state index in [4.69, 9.17) is 4.42 Å². The molecule has 1 unspecified atom stereocenters. The molecule has 0 N–H and O–H groups in total. The molecule has 2 aliphatic heterocycles. The van der Waals surface area contributed by atoms with E-state index in [0.717, 1.165) is 55.7 Å². The number of nitrogens with zero attached hydrogens (tertiary/aromatic N) is 3. The fourth-order valence-electron chi connectivity index (χ4n) is 11.5. The van der Waals surface area contributed by atoms with Crippen LogP contribution in [-0.2, 0) is 5.66 Å². The lowest BCUT2D eigenvalue weighted by molar-refractivity contribution is -0.944. The Morgan fingerprint density at radius 2 is 1.14 bits per heavy atom. The van der Waals surface area contributed by atoms with Crippen LogP contribution in [0.1, 0.15) is 11.1 Å². The van der Waals surface area contributed by atoms with Gasteiger partial charge in [0.1, 0.15) is 16.8 Å². The van der Waals surface area contributed by atoms with Gasteiger partial charge in [-0.15, -0.1) is 9.13 Å². The molecule has 4 nitrogen and oxygen atoms in total. The van der Waals surface area contributed by atoms with Crippen LogP contribution in [0.4, 0.5) is 0 Å². The van der Waals surface area contributed by atoms with Crippen LogP contribution < -0.4 is 14.3 Å². The minimum atomic E-state index is -1.81. The van der Waals surface area contributed by atoms with Crippen molar-refractivity contribution in [1.82, 2.24) is 4.57 Å². The smallest absolute Gasteiger partial charge is 0.364 e. The molecule has 14 rings (SSSR count). The Hall–Kier alpha value is -7.86. The highest BCUT2D eigenvalue weighted by Gasteiger charge is 2.67. The monoisotopic (exact) mass is 849 g/mol. The summed E-state index contributed by atoms with van der Waals surface area (Å²) in [6, 6.07) is 74.1. The van der Waals surface area contributed by atoms with E-state index in [0.29, 0.717) is 0 Å². The third kappa shape index (κ3) is 4.80. The van der Waals surface area contributed by atoms with Crippen molar-refractivity contribution in [2.75, 3.05) is 0 Å². The zero-order valence-electron chi connectivity index (χ0n) is 36.4. The molecule has 306 valence electrons. The van der Waals surface area contributed by atoms with E-state index in [2.05, 4.69) is 240 Å². The summed E-state index contributed by atoms with van der Waals surface area (Å²) in [7, 11) is -1.81. The molecule has 0 fully saturated rings. The van der Waals surface area contributed by atoms with E-state index in [1.807, 2.05) is 0 Å². The van der Waals surface area contributed by atoms with Gasteiger partial charge < -0.3 is 4.42 Å². The Balaban J connectivity index is 1.30. The summed E-state index contributed by atoms with van der Waals surface area (Å²) < 4.78 is 15.3. The van der Waals surface area contributed by atoms with Crippen LogP contribution in [0.15, 0.2) is 211 Å². The first-order valence-corrected chi connectivity index (χ1v) is 26.2. The van der Waals surface area contributed by atoms with Gasteiger partial charge in [-0.05, 0) is 82.1 Å². The predicted molar refractivity (Wildman–Crippen MR) is 269 cm³/mol. The highest BCUT2D eigenvalue weighted by molar-refractivity contribution is 6.88. The van der Waals surface area contributed by atoms with Gasteiger partial charge in [-0.1, -0.05) is 159 Å². The Morgan fingerprint density at radius 1 is 0.492 bits per heavy atom. The van der Waals surface area contributed by atoms with Crippen molar-refractivity contribution in [1.29, 1.82) is 0 Å². The molecule has 65 heavy (non-hydrogen) atoms. The normalized spacial score (nSPS) is 15.1. The highest BCUT2D eigenvalue weighted by Crippen LogP contribution is 2.54. The number of furan rings is 1. The van der Waals surface area contributed by atoms with Gasteiger partial charge in [0.2, 0.25) is 5.69 Å². The van der Waals surface area contributed by atoms with E-state index in [-0.39, 0.29) is 0 Å². The number of pyridine rings is 1. The van der Waals surface area contributed by atoms with Gasteiger partial charge in [0.15, 0.2) is 22.8 Å². The lowest BCUT2D eigenvalue weighted by atomic mass is 9.88. The molecule has 0 saturated carbocycles. The molecule has 5 heteroatoms. The Morgan fingerprint density at radius 3 is 1.91 bits per heavy atom. The quantitative estimate of drug-likeness (QED) is 0.0984. The van der Waals surface area contributed by atoms with Crippen LogP contribution >= 0.6 is 0 Å². The average molecular weight is 850 g/mol. The molecule has 0 radical (unpaired) electrons. The van der Waals surface area contributed by atoms with Crippen LogP contribution in [0.5, 0.6) is 0 Å². The molecule has 1 spiro atoms. The first-order valence-electron chi connectivity index (χ1n) is 22.7. The highest BCUT2D eigenvalue weighted by atomic mass is 28.3. The molecule has 2 aliphatic rings. The largest absolute Gasteiger partial charge is 0.455 e. The standard InChI is InChI=1S/C60H43N3OSi/c1-65(2,3)41-31-35-52-49-27-14-16-28-50(49)60(61(52)37-41)51-34-33-48-45-24-15-17-29-54(45)64-58(48)55(51)59-62(56-46-25-12-10-22-43(46)44-23-11-13-26-47(44)57(56)63(59)60)53-36-40(38-18-6-4-7-19-38)30-32-42(53)39-20-8-5-9-21-39/h4-37H,1-3H3/q+2. The van der Waals surface area contributed by atoms with E-state index in [1.165, 1.54) is 65.7 Å². The van der Waals surface area contributed by atoms with Crippen LogP contribution in [0, 0.1) is 0 Å². The lowest BCUT2D eigenvalue weighted by Crippen LogP contribution is -2.72. The SMILES string of the molecule is C[Si](C)(C)c1ccc2[n+](c1)C1(c3ccccc3-2)c2ccc3c(oc4ccccc43)c2-c2n(-c3cc(-c4ccccc4)ccc3-c3ccccc3)c3c4ccccc4c4ccccc4c3[n+]21. The van der Waals surface area contributed by atoms with Crippen molar-refractivity contribution in [3.63, 3.8) is 0 Å². The first kappa shape index (κ1) is 36.6. The van der Waals surface area contributed by atoms with E-state index < -0.39 is 13.7 Å². The maximum absolute atomic E-state index is 7.25. The fourth-order valence-corrected chi connectivity index (χ4v) is 12.6. The van der Waals surface area contributed by atoms with E-state index in [1.54, 1.807) is 0 Å². The number of hydrogen-bond donors (Lipinski definition) is 0. The second-order valence-electron chi connectivity index (χ2n) is 18.9. The van der Waals surface area contributed by atoms with E-state index >= 15 is 0 Å². The molecular weight excluding hydrogens is 807 g/mol. The van der Waals surface area contributed by atoms with Gasteiger partial charge in [0.25, 0.3) is 0 Å². The third-order valence-electron chi connectivity index (χ3n) is 14.4. The van der Waals surface area contributed by atoms with Gasteiger partial charge >= 0.3 is 11.5 Å². The Bertz CT molecular complexity index is 3990. The van der Waals surface area contributed by atoms with Crippen molar-refractivity contribution in [2.45, 2.75) is 25.3 Å². The molecule has 0 saturated heterocycles. The molecule has 5 heterocycles. The van der Waals surface area contributed by atoms with Gasteiger partial charge in [0, 0.05) is 38.4 Å². The Labute approximate surface area is 377 Å². The van der Waals surface area contributed by atoms with Gasteiger partial charge in [-0.3, -0.25) is 0 Å². The van der Waals surface area contributed by atoms with Crippen molar-refractivity contribution >= 4 is 67.8 Å². The number of rotatable bonds is 4. The maximum Gasteiger partial charge on any atom is 0.364 e. The van der Waals surface area contributed by atoms with Crippen LogP contribution in [0.2, 0.25) is 19.6 Å². The molecule has 0 aliphatic carbocycles. The van der Waals surface area contributed by atoms with Crippen LogP contribution in [0.3, 0.4) is 0 Å². The molecule has 1 atom stereocenters. The van der Waals surface area contributed by atoms with Crippen molar-refractivity contribution in [3.05, 3.63) is 218 Å². The number of fused-ring (bicyclic) bond motifs is 21. The molecule has 12 aromatic rings. The summed E-state index contributed by atoms with van der Waals surface area (Å²) in [5.74, 6) is 1.09. The van der Waals surface area contributed by atoms with Crippen LogP contribution in [-0.4, -0.2) is 12.6 Å². The fraction of sp³-hybridized carbons (Fsp3) is 0.0667. The third-order valence-corrected chi connectivity index (χ3v) is 16.4. The molecule has 3 aromatic heterocycles. The summed E-state index contributed by atoms with van der Waals surface area (Å²) in [4.78, 5) is 0. The zero-order valence-corrected chi connectivity index (χ0v) is 37.4. The van der Waals surface area contributed by atoms with Crippen molar-refractivity contribution in [2.24, 2.45) is 0 Å². The maximum atomic E-state index is 7.25. The topological polar surface area (TPSA) is 25.8 Å². The summed E-state index contributed by atoms with van der Waals surface area (Å²) in [6.45, 7) is 7.37. The van der Waals surface area contributed by atoms with Crippen LogP contribution in [0.25, 0.3) is 105 Å². The number of para-hydroxylation sites is 1. The summed E-state index contributed by atoms with van der Waals surface area (Å²) in [5, 5.41) is 8.52. The molecule has 0 amide bonds. The zero-order chi connectivity index (χ0) is 43.2. The first-order chi connectivity index (χ1) is 31.9. The number of hydrogen-bond acceptors (Lipinski definition) is 1. The molecular formula is C60H43N3OSi+2. The second kappa shape index (κ2) is 13.1. The molecule has 0 bridgehead atoms. The average Bonchev–Trinajstić information content (AvgIpc) is 4.08. The number of aromatic nitrogens is 3.